The van der Waals surface area contributed by atoms with Crippen molar-refractivity contribution < 1.29 is 18.8 Å². The molecule has 0 spiro atoms. The first-order chi connectivity index (χ1) is 16.1. The quantitative estimate of drug-likeness (QED) is 0.331. The van der Waals surface area contributed by atoms with Crippen molar-refractivity contribution in [3.8, 4) is 11.5 Å². The molecule has 7 heteroatoms. The maximum Gasteiger partial charge on any atom is 0.273 e. The Labute approximate surface area is 197 Å². The lowest BCUT2D eigenvalue weighted by molar-refractivity contribution is 0.0930. The van der Waals surface area contributed by atoms with Gasteiger partial charge in [-0.15, -0.1) is 0 Å². The van der Waals surface area contributed by atoms with E-state index in [1.165, 1.54) is 12.3 Å². The molecule has 4 rings (SSSR count). The number of carbonyl (C=O) groups is 1. The van der Waals surface area contributed by atoms with Crippen LogP contribution in [0.1, 0.15) is 40.1 Å². The van der Waals surface area contributed by atoms with Crippen molar-refractivity contribution >= 4 is 17.5 Å². The van der Waals surface area contributed by atoms with Crippen LogP contribution in [0.4, 0.5) is 0 Å². The first-order valence-electron chi connectivity index (χ1n) is 10.5. The number of nitrogens with zero attached hydrogens (tertiary/aromatic N) is 1. The lowest BCUT2D eigenvalue weighted by Crippen LogP contribution is -2.27. The zero-order chi connectivity index (χ0) is 23.0. The molecule has 1 amide bonds. The Morgan fingerprint density at radius 3 is 2.12 bits per heavy atom. The molecule has 0 aliphatic heterocycles. The molecule has 1 unspecified atom stereocenters. The first-order valence-corrected chi connectivity index (χ1v) is 10.9. The fourth-order valence-corrected chi connectivity index (χ4v) is 3.50. The minimum Gasteiger partial charge on any atom is -0.488 e. The Kier molecular flexibility index (Phi) is 7.27. The number of ether oxygens (including phenoxy) is 2. The topological polar surface area (TPSA) is 73.6 Å². The normalized spacial score (nSPS) is 11.6. The number of carbonyl (C=O) groups excluding carboxylic acids is 1. The van der Waals surface area contributed by atoms with Gasteiger partial charge in [0, 0.05) is 17.7 Å². The highest BCUT2D eigenvalue weighted by molar-refractivity contribution is 6.32. The van der Waals surface area contributed by atoms with Gasteiger partial charge in [0.15, 0.2) is 5.69 Å². The van der Waals surface area contributed by atoms with E-state index in [0.29, 0.717) is 29.7 Å². The van der Waals surface area contributed by atoms with Gasteiger partial charge in [-0.25, -0.2) is 0 Å². The summed E-state index contributed by atoms with van der Waals surface area (Å²) < 4.78 is 16.9. The van der Waals surface area contributed by atoms with E-state index in [1.807, 2.05) is 67.6 Å². The van der Waals surface area contributed by atoms with E-state index in [9.17, 15) is 4.79 Å². The maximum absolute atomic E-state index is 12.5. The summed E-state index contributed by atoms with van der Waals surface area (Å²) in [6.07, 6.45) is 1.35. The number of aromatic nitrogens is 1. The first kappa shape index (κ1) is 22.4. The summed E-state index contributed by atoms with van der Waals surface area (Å²) in [5.41, 5.74) is 2.96. The molecule has 6 nitrogen and oxygen atoms in total. The summed E-state index contributed by atoms with van der Waals surface area (Å²) in [5.74, 6) is 0.715. The van der Waals surface area contributed by atoms with Gasteiger partial charge in [-0.1, -0.05) is 77.4 Å². The van der Waals surface area contributed by atoms with Gasteiger partial charge >= 0.3 is 0 Å². The average molecular weight is 463 g/mol. The number of benzene rings is 3. The fourth-order valence-electron chi connectivity index (χ4n) is 3.27. The maximum atomic E-state index is 12.5. The highest BCUT2D eigenvalue weighted by atomic mass is 35.5. The number of nitrogens with one attached hydrogen (secondary N) is 1. The minimum atomic E-state index is -0.402. The van der Waals surface area contributed by atoms with Crippen LogP contribution in [0.25, 0.3) is 0 Å². The van der Waals surface area contributed by atoms with Gasteiger partial charge in [0.1, 0.15) is 31.0 Å². The molecule has 1 atom stereocenters. The molecule has 1 heterocycles. The smallest absolute Gasteiger partial charge is 0.273 e. The van der Waals surface area contributed by atoms with E-state index in [4.69, 9.17) is 25.6 Å². The number of hydrogen-bond donors (Lipinski definition) is 1. The Bertz CT molecular complexity index is 1180. The fraction of sp³-hybridized carbons (Fsp3) is 0.154. The van der Waals surface area contributed by atoms with Gasteiger partial charge in [0.25, 0.3) is 5.91 Å². The van der Waals surface area contributed by atoms with Gasteiger partial charge in [-0.05, 0) is 24.1 Å². The molecule has 1 aromatic heterocycles. The van der Waals surface area contributed by atoms with Crippen LogP contribution in [-0.2, 0) is 13.2 Å². The van der Waals surface area contributed by atoms with Gasteiger partial charge in [0.2, 0.25) is 0 Å². The standard InChI is InChI=1S/C26H23ClN2O4/c1-18(28-26(30)23-12-13-33-29-23)21-14-22(27)25(32-17-20-10-6-3-7-11-20)15-24(21)31-16-19-8-4-2-5-9-19/h2-15,18H,16-17H2,1H3,(H,28,30). The second-order valence-corrected chi connectivity index (χ2v) is 7.86. The summed E-state index contributed by atoms with van der Waals surface area (Å²) in [6.45, 7) is 2.58. The second-order valence-electron chi connectivity index (χ2n) is 7.45. The highest BCUT2D eigenvalue weighted by Crippen LogP contribution is 2.37. The number of amides is 1. The van der Waals surface area contributed by atoms with Crippen molar-refractivity contribution in [2.75, 3.05) is 0 Å². The van der Waals surface area contributed by atoms with E-state index in [2.05, 4.69) is 10.5 Å². The zero-order valence-electron chi connectivity index (χ0n) is 18.0. The largest absolute Gasteiger partial charge is 0.488 e. The Morgan fingerprint density at radius 2 is 1.55 bits per heavy atom. The van der Waals surface area contributed by atoms with Crippen molar-refractivity contribution in [2.45, 2.75) is 26.2 Å². The molecule has 0 saturated heterocycles. The molecular formula is C26H23ClN2O4. The van der Waals surface area contributed by atoms with Gasteiger partial charge < -0.3 is 19.3 Å². The van der Waals surface area contributed by atoms with Gasteiger partial charge in [-0.3, -0.25) is 4.79 Å². The molecule has 4 aromatic rings. The zero-order valence-corrected chi connectivity index (χ0v) is 18.8. The van der Waals surface area contributed by atoms with E-state index in [0.717, 1.165) is 16.7 Å². The van der Waals surface area contributed by atoms with Crippen LogP contribution in [-0.4, -0.2) is 11.1 Å². The summed E-state index contributed by atoms with van der Waals surface area (Å²) in [6, 6.07) is 24.3. The SMILES string of the molecule is CC(NC(=O)c1ccon1)c1cc(Cl)c(OCc2ccccc2)cc1OCc1ccccc1. The number of halogens is 1. The molecule has 0 radical (unpaired) electrons. The Hall–Kier alpha value is -3.77. The van der Waals surface area contributed by atoms with Crippen LogP contribution < -0.4 is 14.8 Å². The highest BCUT2D eigenvalue weighted by Gasteiger charge is 2.20. The van der Waals surface area contributed by atoms with Crippen molar-refractivity contribution in [1.82, 2.24) is 10.5 Å². The number of hydrogen-bond acceptors (Lipinski definition) is 5. The van der Waals surface area contributed by atoms with Crippen LogP contribution in [0.15, 0.2) is 89.6 Å². The van der Waals surface area contributed by atoms with Crippen molar-refractivity contribution in [3.63, 3.8) is 0 Å². The molecule has 0 bridgehead atoms. The second kappa shape index (κ2) is 10.7. The molecule has 0 saturated carbocycles. The predicted molar refractivity (Wildman–Crippen MR) is 125 cm³/mol. The van der Waals surface area contributed by atoms with Crippen molar-refractivity contribution in [2.24, 2.45) is 0 Å². The van der Waals surface area contributed by atoms with E-state index >= 15 is 0 Å². The van der Waals surface area contributed by atoms with Crippen LogP contribution in [0.3, 0.4) is 0 Å². The third kappa shape index (κ3) is 5.93. The van der Waals surface area contributed by atoms with Crippen LogP contribution in [0.5, 0.6) is 11.5 Å². The van der Waals surface area contributed by atoms with E-state index in [-0.39, 0.29) is 11.6 Å². The molecular weight excluding hydrogens is 440 g/mol. The minimum absolute atomic E-state index is 0.197. The monoisotopic (exact) mass is 462 g/mol. The lowest BCUT2D eigenvalue weighted by atomic mass is 10.1. The van der Waals surface area contributed by atoms with E-state index in [1.54, 1.807) is 12.1 Å². The summed E-state index contributed by atoms with van der Waals surface area (Å²) in [7, 11) is 0. The third-order valence-electron chi connectivity index (χ3n) is 5.02. The molecule has 3 aromatic carbocycles. The summed E-state index contributed by atoms with van der Waals surface area (Å²) in [5, 5.41) is 7.01. The lowest BCUT2D eigenvalue weighted by Gasteiger charge is -2.20. The van der Waals surface area contributed by atoms with Crippen LogP contribution in [0.2, 0.25) is 5.02 Å². The Morgan fingerprint density at radius 1 is 0.939 bits per heavy atom. The van der Waals surface area contributed by atoms with Gasteiger partial charge in [-0.2, -0.15) is 0 Å². The van der Waals surface area contributed by atoms with Gasteiger partial charge in [0.05, 0.1) is 11.1 Å². The molecule has 168 valence electrons. The predicted octanol–water partition coefficient (Wildman–Crippen LogP) is 5.98. The summed E-state index contributed by atoms with van der Waals surface area (Å²) in [4.78, 5) is 12.5. The molecule has 0 fully saturated rings. The molecule has 33 heavy (non-hydrogen) atoms. The molecule has 1 N–H and O–H groups in total. The summed E-state index contributed by atoms with van der Waals surface area (Å²) >= 11 is 6.54. The van der Waals surface area contributed by atoms with Crippen molar-refractivity contribution in [3.05, 3.63) is 113 Å². The average Bonchev–Trinajstić information content (AvgIpc) is 3.39. The van der Waals surface area contributed by atoms with Crippen molar-refractivity contribution in [1.29, 1.82) is 0 Å². The van der Waals surface area contributed by atoms with Crippen LogP contribution in [0, 0.1) is 0 Å². The number of rotatable bonds is 9. The van der Waals surface area contributed by atoms with Crippen LogP contribution >= 0.6 is 11.6 Å². The van der Waals surface area contributed by atoms with E-state index < -0.39 is 6.04 Å². The third-order valence-corrected chi connectivity index (χ3v) is 5.32. The molecule has 0 aliphatic carbocycles. The Balaban J connectivity index is 1.57. The molecule has 0 aliphatic rings.